The lowest BCUT2D eigenvalue weighted by molar-refractivity contribution is -0.415. The van der Waals surface area contributed by atoms with Crippen LogP contribution < -0.4 is 10.2 Å². The molecule has 0 aliphatic carbocycles. The van der Waals surface area contributed by atoms with Crippen LogP contribution in [-0.4, -0.2) is 6.16 Å². The molecule has 0 atom stereocenters. The molecule has 72 valence electrons. The summed E-state index contributed by atoms with van der Waals surface area (Å²) in [5.74, 6) is 0. The van der Waals surface area contributed by atoms with Gasteiger partial charge >= 0.3 is 0 Å². The average molecular weight is 172 g/mol. The Morgan fingerprint density at radius 2 is 0.667 bits per heavy atom. The van der Waals surface area contributed by atoms with Crippen molar-refractivity contribution in [3.8, 4) is 0 Å². The van der Waals surface area contributed by atoms with E-state index in [1.807, 2.05) is 0 Å². The van der Waals surface area contributed by atoms with Crippen molar-refractivity contribution >= 4 is 6.16 Å². The molecule has 12 heavy (non-hydrogen) atoms. The van der Waals surface area contributed by atoms with Crippen LogP contribution in [0.4, 0.5) is 4.79 Å². The van der Waals surface area contributed by atoms with E-state index in [1.165, 1.54) is 0 Å². The molecule has 0 rings (SSSR count). The maximum Gasteiger partial charge on any atom is -0.0431 e. The van der Waals surface area contributed by atoms with Gasteiger partial charge in [0, 0.05) is 0 Å². The maximum atomic E-state index is 8.33. The Hall–Kier alpha value is -1.77. The first-order valence-electron chi connectivity index (χ1n) is 2.61. The Bertz CT molecular complexity index is 60.2. The predicted molar refractivity (Wildman–Crippen MR) is 50.4 cm³/mol. The quantitative estimate of drug-likeness (QED) is 0.507. The second-order valence-corrected chi connectivity index (χ2v) is 0.250. The summed E-state index contributed by atoms with van der Waals surface area (Å²) < 4.78 is 0. The van der Waals surface area contributed by atoms with Crippen LogP contribution in [0.15, 0.2) is 52.6 Å². The molecule has 0 aliphatic heterocycles. The normalized spacial score (nSPS) is 3.33. The van der Waals surface area contributed by atoms with E-state index in [0.29, 0.717) is 0 Å². The summed E-state index contributed by atoms with van der Waals surface area (Å²) in [6.45, 7) is 24.0. The molecule has 0 radical (unpaired) electrons. The molecule has 0 spiro atoms. The zero-order valence-corrected chi connectivity index (χ0v) is 7.38. The van der Waals surface area contributed by atoms with Crippen molar-refractivity contribution in [3.05, 3.63) is 52.6 Å². The Balaban J connectivity index is -0.0000000181. The lowest BCUT2D eigenvalue weighted by Crippen LogP contribution is -2.37. The summed E-state index contributed by atoms with van der Waals surface area (Å²) in [5, 5.41) is 16.7. The van der Waals surface area contributed by atoms with Crippen LogP contribution >= 0.6 is 0 Å². The van der Waals surface area contributed by atoms with Crippen LogP contribution in [0.1, 0.15) is 0 Å². The van der Waals surface area contributed by atoms with Gasteiger partial charge in [-0.15, -0.1) is 52.6 Å². The third-order valence-electron chi connectivity index (χ3n) is 0. The van der Waals surface area contributed by atoms with Crippen molar-refractivity contribution in [2.75, 3.05) is 0 Å². The maximum absolute atomic E-state index is 8.33. The molecule has 0 fully saturated rings. The average Bonchev–Trinajstić information content (AvgIpc) is 2.16. The molecule has 0 amide bonds. The second-order valence-electron chi connectivity index (χ2n) is 0.250. The summed E-state index contributed by atoms with van der Waals surface area (Å²) in [6.07, 6.45) is -2.33. The fraction of sp³-hybridized carbons (Fsp3) is 0. The zero-order chi connectivity index (χ0) is 11.6. The predicted octanol–water partition coefficient (Wildman–Crippen LogP) is 0.762. The van der Waals surface area contributed by atoms with E-state index in [9.17, 15) is 0 Å². The molecule has 0 unspecified atom stereocenters. The highest BCUT2D eigenvalue weighted by Crippen LogP contribution is 1.21. The summed E-state index contributed by atoms with van der Waals surface area (Å²) in [5.41, 5.74) is 0. The minimum atomic E-state index is -2.33. The molecule has 0 N–H and O–H groups in total. The molecule has 3 heteroatoms. The monoisotopic (exact) mass is 172 g/mol. The van der Waals surface area contributed by atoms with Crippen LogP contribution in [0.5, 0.6) is 0 Å². The number of hydrogen-bond acceptors (Lipinski definition) is 3. The number of hydrogen-bond donors (Lipinski definition) is 0. The number of carbonyl (C=O) groups excluding carboxylic acids is 1. The molecule has 0 aromatic heterocycles. The highest BCUT2D eigenvalue weighted by molar-refractivity contribution is 5.47. The lowest BCUT2D eigenvalue weighted by Gasteiger charge is -1.96. The standard InChI is InChI=1S/4C2H4.CH2O3/c4*1-2;2-1(3)4/h4*1-2H2;(H2,2,3,4)/p-2. The number of carboxylic acid groups (broad SMARTS) is 2. The van der Waals surface area contributed by atoms with E-state index in [4.69, 9.17) is 15.0 Å². The fourth-order valence-electron chi connectivity index (χ4n) is 0. The van der Waals surface area contributed by atoms with Gasteiger partial charge in [-0.2, -0.15) is 0 Å². The van der Waals surface area contributed by atoms with Gasteiger partial charge in [-0.1, -0.05) is 0 Å². The van der Waals surface area contributed by atoms with Gasteiger partial charge in [0.05, 0.1) is 0 Å². The van der Waals surface area contributed by atoms with Crippen molar-refractivity contribution in [1.82, 2.24) is 0 Å². The van der Waals surface area contributed by atoms with Gasteiger partial charge in [0.15, 0.2) is 0 Å². The molecule has 0 heterocycles. The van der Waals surface area contributed by atoms with Crippen LogP contribution in [0.3, 0.4) is 0 Å². The molecule has 0 aromatic carbocycles. The smallest absolute Gasteiger partial charge is 0.0431 e. The van der Waals surface area contributed by atoms with E-state index in [-0.39, 0.29) is 0 Å². The van der Waals surface area contributed by atoms with Crippen LogP contribution in [0.25, 0.3) is 0 Å². The number of rotatable bonds is 0. The van der Waals surface area contributed by atoms with Gasteiger partial charge in [0.25, 0.3) is 0 Å². The SMILES string of the molecule is C=C.C=C.C=C.C=C.O=C([O-])[O-]. The lowest BCUT2D eigenvalue weighted by atomic mass is 11.3. The molecule has 3 nitrogen and oxygen atoms in total. The van der Waals surface area contributed by atoms with E-state index in [0.717, 1.165) is 0 Å². The van der Waals surface area contributed by atoms with E-state index in [1.54, 1.807) is 0 Å². The first-order valence-corrected chi connectivity index (χ1v) is 2.61. The number of carbonyl (C=O) groups is 1. The highest BCUT2D eigenvalue weighted by Gasteiger charge is 1.26. The molecule has 0 saturated carbocycles. The van der Waals surface area contributed by atoms with E-state index in [2.05, 4.69) is 52.6 Å². The molecule has 0 aromatic rings. The summed E-state index contributed by atoms with van der Waals surface area (Å²) in [4.78, 5) is 8.33. The molecular formula is C9H16O3-2. The third-order valence-corrected chi connectivity index (χ3v) is 0. The Morgan fingerprint density at radius 3 is 0.667 bits per heavy atom. The highest BCUT2D eigenvalue weighted by atomic mass is 16.6. The van der Waals surface area contributed by atoms with Crippen LogP contribution in [0, 0.1) is 0 Å². The van der Waals surface area contributed by atoms with E-state index >= 15 is 0 Å². The van der Waals surface area contributed by atoms with Gasteiger partial charge in [-0.3, -0.25) is 0 Å². The molecule has 0 saturated heterocycles. The second kappa shape index (κ2) is 413. The molecule has 0 aliphatic rings. The summed E-state index contributed by atoms with van der Waals surface area (Å²) >= 11 is 0. The minimum absolute atomic E-state index is 2.33. The third kappa shape index (κ3) is 137. The van der Waals surface area contributed by atoms with Crippen molar-refractivity contribution in [2.45, 2.75) is 0 Å². The Morgan fingerprint density at radius 1 is 0.667 bits per heavy atom. The Kier molecular flexibility index (Phi) is 1100. The Labute approximate surface area is 74.7 Å². The summed E-state index contributed by atoms with van der Waals surface area (Å²) in [6, 6.07) is 0. The van der Waals surface area contributed by atoms with Gasteiger partial charge in [0.2, 0.25) is 0 Å². The topological polar surface area (TPSA) is 63.2 Å². The zero-order valence-electron chi connectivity index (χ0n) is 7.38. The van der Waals surface area contributed by atoms with Crippen molar-refractivity contribution in [1.29, 1.82) is 0 Å². The van der Waals surface area contributed by atoms with E-state index < -0.39 is 6.16 Å². The van der Waals surface area contributed by atoms with Crippen molar-refractivity contribution in [2.24, 2.45) is 0 Å². The fourth-order valence-corrected chi connectivity index (χ4v) is 0. The van der Waals surface area contributed by atoms with Gasteiger partial charge in [-0.25, -0.2) is 0 Å². The van der Waals surface area contributed by atoms with Gasteiger partial charge in [0.1, 0.15) is 0 Å². The minimum Gasteiger partial charge on any atom is -0.652 e. The van der Waals surface area contributed by atoms with Gasteiger partial charge in [-0.05, 0) is 6.16 Å². The van der Waals surface area contributed by atoms with Crippen molar-refractivity contribution < 1.29 is 15.0 Å². The van der Waals surface area contributed by atoms with Crippen molar-refractivity contribution in [3.63, 3.8) is 0 Å². The first-order chi connectivity index (χ1) is 5.73. The van der Waals surface area contributed by atoms with Crippen LogP contribution in [0.2, 0.25) is 0 Å². The largest absolute Gasteiger partial charge is 0.652 e. The molecule has 0 bridgehead atoms. The van der Waals surface area contributed by atoms with Crippen LogP contribution in [-0.2, 0) is 0 Å². The molecular weight excluding hydrogens is 156 g/mol. The van der Waals surface area contributed by atoms with Gasteiger partial charge < -0.3 is 15.0 Å². The summed E-state index contributed by atoms with van der Waals surface area (Å²) in [7, 11) is 0. The first kappa shape index (κ1) is 31.9.